The van der Waals surface area contributed by atoms with E-state index in [-0.39, 0.29) is 18.2 Å². The molecule has 0 fully saturated rings. The number of ether oxygens (including phenoxy) is 2. The third-order valence-electron chi connectivity index (χ3n) is 6.36. The molecule has 3 rings (SSSR count). The van der Waals surface area contributed by atoms with Crippen LogP contribution in [0.2, 0.25) is 0 Å². The highest BCUT2D eigenvalue weighted by atomic mass is 16.6. The summed E-state index contributed by atoms with van der Waals surface area (Å²) < 4.78 is 10.7. The molecule has 204 valence electrons. The molecule has 2 atom stereocenters. The van der Waals surface area contributed by atoms with Crippen LogP contribution in [0.4, 0.5) is 0 Å². The van der Waals surface area contributed by atoms with E-state index in [9.17, 15) is 14.4 Å². The summed E-state index contributed by atoms with van der Waals surface area (Å²) in [6.07, 6.45) is 4.04. The SMILES string of the molecule is CNC(=O)C(Cc1c[nH]c2ccccc12)NC(=O)C(CCCc1ccc(OC)cc1)CC(=O)OC(C)(C)C. The van der Waals surface area contributed by atoms with E-state index in [1.807, 2.05) is 54.7 Å². The molecule has 0 aliphatic carbocycles. The van der Waals surface area contributed by atoms with E-state index >= 15 is 0 Å². The van der Waals surface area contributed by atoms with Gasteiger partial charge in [0.25, 0.3) is 0 Å². The van der Waals surface area contributed by atoms with Crippen LogP contribution < -0.4 is 15.4 Å². The third-order valence-corrected chi connectivity index (χ3v) is 6.36. The van der Waals surface area contributed by atoms with Crippen LogP contribution in [0, 0.1) is 5.92 Å². The van der Waals surface area contributed by atoms with Gasteiger partial charge in [0.05, 0.1) is 13.5 Å². The molecule has 0 saturated heterocycles. The van der Waals surface area contributed by atoms with Crippen LogP contribution in [0.3, 0.4) is 0 Å². The first-order chi connectivity index (χ1) is 18.1. The molecule has 2 aromatic carbocycles. The molecule has 8 heteroatoms. The Balaban J connectivity index is 1.72. The van der Waals surface area contributed by atoms with Crippen molar-refractivity contribution in [1.82, 2.24) is 15.6 Å². The lowest BCUT2D eigenvalue weighted by atomic mass is 9.94. The van der Waals surface area contributed by atoms with Crippen LogP contribution in [0.25, 0.3) is 10.9 Å². The van der Waals surface area contributed by atoms with Gasteiger partial charge in [-0.25, -0.2) is 0 Å². The maximum Gasteiger partial charge on any atom is 0.307 e. The van der Waals surface area contributed by atoms with Crippen molar-refractivity contribution in [2.45, 2.75) is 64.5 Å². The van der Waals surface area contributed by atoms with E-state index in [1.165, 1.54) is 0 Å². The van der Waals surface area contributed by atoms with Gasteiger partial charge in [-0.3, -0.25) is 14.4 Å². The number of amides is 2. The molecule has 3 N–H and O–H groups in total. The summed E-state index contributed by atoms with van der Waals surface area (Å²) in [6.45, 7) is 5.39. The molecule has 0 bridgehead atoms. The molecule has 2 unspecified atom stereocenters. The third kappa shape index (κ3) is 8.36. The van der Waals surface area contributed by atoms with Gasteiger partial charge in [-0.1, -0.05) is 30.3 Å². The van der Waals surface area contributed by atoms with Crippen molar-refractivity contribution in [3.05, 3.63) is 65.9 Å². The first kappa shape index (κ1) is 28.8. The molecule has 0 radical (unpaired) electrons. The van der Waals surface area contributed by atoms with Gasteiger partial charge in [-0.05, 0) is 69.4 Å². The number of esters is 1. The summed E-state index contributed by atoms with van der Waals surface area (Å²) in [4.78, 5) is 42.1. The summed E-state index contributed by atoms with van der Waals surface area (Å²) in [7, 11) is 3.17. The fraction of sp³-hybridized carbons (Fsp3) is 0.433. The predicted molar refractivity (Wildman–Crippen MR) is 148 cm³/mol. The summed E-state index contributed by atoms with van der Waals surface area (Å²) in [5.74, 6) is -0.906. The number of carbonyl (C=O) groups is 3. The van der Waals surface area contributed by atoms with Crippen molar-refractivity contribution in [2.24, 2.45) is 5.92 Å². The Bertz CT molecular complexity index is 1230. The van der Waals surface area contributed by atoms with Crippen molar-refractivity contribution in [3.8, 4) is 5.75 Å². The predicted octanol–water partition coefficient (Wildman–Crippen LogP) is 4.32. The number of hydrogen-bond acceptors (Lipinski definition) is 5. The highest BCUT2D eigenvalue weighted by Gasteiger charge is 2.29. The molecular formula is C30H39N3O5. The molecule has 38 heavy (non-hydrogen) atoms. The smallest absolute Gasteiger partial charge is 0.307 e. The number of aromatic amines is 1. The number of fused-ring (bicyclic) bond motifs is 1. The lowest BCUT2D eigenvalue weighted by Crippen LogP contribution is -2.49. The Morgan fingerprint density at radius 2 is 1.71 bits per heavy atom. The molecule has 3 aromatic rings. The van der Waals surface area contributed by atoms with E-state index in [4.69, 9.17) is 9.47 Å². The Labute approximate surface area is 224 Å². The van der Waals surface area contributed by atoms with Crippen molar-refractivity contribution >= 4 is 28.7 Å². The minimum absolute atomic E-state index is 0.0563. The molecule has 2 amide bonds. The summed E-state index contributed by atoms with van der Waals surface area (Å²) in [5, 5.41) is 6.56. The number of para-hydroxylation sites is 1. The first-order valence-corrected chi connectivity index (χ1v) is 13.0. The quantitative estimate of drug-likeness (QED) is 0.308. The number of methoxy groups -OCH3 is 1. The minimum atomic E-state index is -0.783. The van der Waals surface area contributed by atoms with Crippen LogP contribution in [0.15, 0.2) is 54.7 Å². The topological polar surface area (TPSA) is 110 Å². The number of carbonyl (C=O) groups excluding carboxylic acids is 3. The van der Waals surface area contributed by atoms with Crippen LogP contribution >= 0.6 is 0 Å². The van der Waals surface area contributed by atoms with E-state index in [0.29, 0.717) is 19.3 Å². The number of aryl methyl sites for hydroxylation is 1. The number of hydrogen-bond donors (Lipinski definition) is 3. The average molecular weight is 522 g/mol. The molecular weight excluding hydrogens is 482 g/mol. The van der Waals surface area contributed by atoms with Crippen LogP contribution in [0.5, 0.6) is 5.75 Å². The van der Waals surface area contributed by atoms with Gasteiger partial charge >= 0.3 is 5.97 Å². The molecule has 1 aromatic heterocycles. The molecule has 0 aliphatic heterocycles. The zero-order valence-corrected chi connectivity index (χ0v) is 22.9. The van der Waals surface area contributed by atoms with Gasteiger partial charge in [0, 0.05) is 36.5 Å². The van der Waals surface area contributed by atoms with Crippen LogP contribution in [-0.2, 0) is 32.0 Å². The van der Waals surface area contributed by atoms with Crippen molar-refractivity contribution in [2.75, 3.05) is 14.2 Å². The second kappa shape index (κ2) is 13.1. The van der Waals surface area contributed by atoms with Gasteiger partial charge in [-0.15, -0.1) is 0 Å². The summed E-state index contributed by atoms with van der Waals surface area (Å²) >= 11 is 0. The lowest BCUT2D eigenvalue weighted by molar-refractivity contribution is -0.157. The van der Waals surface area contributed by atoms with E-state index < -0.39 is 23.5 Å². The summed E-state index contributed by atoms with van der Waals surface area (Å²) in [5.41, 5.74) is 2.36. The normalized spacial score (nSPS) is 13.0. The van der Waals surface area contributed by atoms with Crippen molar-refractivity contribution in [3.63, 3.8) is 0 Å². The van der Waals surface area contributed by atoms with Gasteiger partial charge in [0.15, 0.2) is 0 Å². The number of aromatic nitrogens is 1. The van der Waals surface area contributed by atoms with Gasteiger partial charge in [-0.2, -0.15) is 0 Å². The molecule has 1 heterocycles. The van der Waals surface area contributed by atoms with E-state index in [1.54, 1.807) is 34.9 Å². The Morgan fingerprint density at radius 1 is 1.00 bits per heavy atom. The highest BCUT2D eigenvalue weighted by molar-refractivity contribution is 5.91. The number of rotatable bonds is 12. The standard InChI is InChI=1S/C30H39N3O5/c1-30(2,3)38-27(34)18-21(10-8-9-20-13-15-23(37-5)16-14-20)28(35)33-26(29(36)31-4)17-22-19-32-25-12-7-6-11-24(22)25/h6-7,11-16,19,21,26,32H,8-10,17-18H2,1-5H3,(H,31,36)(H,33,35). The average Bonchev–Trinajstić information content (AvgIpc) is 3.29. The first-order valence-electron chi connectivity index (χ1n) is 13.0. The molecule has 0 saturated carbocycles. The van der Waals surface area contributed by atoms with E-state index in [0.717, 1.165) is 34.2 Å². The number of benzene rings is 2. The zero-order chi connectivity index (χ0) is 27.7. The Hall–Kier alpha value is -3.81. The maximum atomic E-state index is 13.5. The molecule has 0 spiro atoms. The Morgan fingerprint density at radius 3 is 2.37 bits per heavy atom. The van der Waals surface area contributed by atoms with Crippen LogP contribution in [0.1, 0.15) is 51.2 Å². The van der Waals surface area contributed by atoms with Crippen LogP contribution in [-0.4, -0.2) is 48.6 Å². The minimum Gasteiger partial charge on any atom is -0.497 e. The van der Waals surface area contributed by atoms with Gasteiger partial charge < -0.3 is 25.1 Å². The molecule has 0 aliphatic rings. The van der Waals surface area contributed by atoms with Crippen molar-refractivity contribution in [1.29, 1.82) is 0 Å². The Kier molecular flexibility index (Phi) is 9.93. The number of H-pyrrole nitrogens is 1. The van der Waals surface area contributed by atoms with Crippen molar-refractivity contribution < 1.29 is 23.9 Å². The number of likely N-dealkylation sites (N-methyl/N-ethyl adjacent to an activating group) is 1. The largest absolute Gasteiger partial charge is 0.497 e. The fourth-order valence-corrected chi connectivity index (χ4v) is 4.45. The fourth-order valence-electron chi connectivity index (χ4n) is 4.45. The van der Waals surface area contributed by atoms with Gasteiger partial charge in [0.2, 0.25) is 11.8 Å². The number of nitrogens with one attached hydrogen (secondary N) is 3. The zero-order valence-electron chi connectivity index (χ0n) is 22.9. The summed E-state index contributed by atoms with van der Waals surface area (Å²) in [6, 6.07) is 14.8. The second-order valence-electron chi connectivity index (χ2n) is 10.5. The van der Waals surface area contributed by atoms with E-state index in [2.05, 4.69) is 15.6 Å². The maximum absolute atomic E-state index is 13.5. The highest BCUT2D eigenvalue weighted by Crippen LogP contribution is 2.22. The molecule has 8 nitrogen and oxygen atoms in total. The van der Waals surface area contributed by atoms with Gasteiger partial charge in [0.1, 0.15) is 17.4 Å². The second-order valence-corrected chi connectivity index (χ2v) is 10.5. The monoisotopic (exact) mass is 521 g/mol. The lowest BCUT2D eigenvalue weighted by Gasteiger charge is -2.24.